The van der Waals surface area contributed by atoms with Gasteiger partial charge in [-0.25, -0.2) is 8.78 Å². The van der Waals surface area contributed by atoms with Crippen molar-refractivity contribution in [2.45, 2.75) is 19.3 Å². The molecule has 7 nitrogen and oxygen atoms in total. The number of carbonyl (C=O) groups is 2. The smallest absolute Gasteiger partial charge is 0.264 e. The van der Waals surface area contributed by atoms with E-state index in [9.17, 15) is 18.4 Å². The lowest BCUT2D eigenvalue weighted by Crippen LogP contribution is -2.35. The molecule has 0 saturated carbocycles. The minimum atomic E-state index is -0.679. The molecule has 1 saturated heterocycles. The molecule has 0 bridgehead atoms. The zero-order valence-electron chi connectivity index (χ0n) is 20.7. The topological polar surface area (TPSA) is 83.6 Å². The van der Waals surface area contributed by atoms with E-state index < -0.39 is 17.5 Å². The predicted molar refractivity (Wildman–Crippen MR) is 158 cm³/mol. The molecule has 1 aliphatic heterocycles. The molecule has 1 aliphatic rings. The molecular formula is C27H22Cl2F2N4O3S2. The quantitative estimate of drug-likeness (QED) is 0.232. The second kappa shape index (κ2) is 12.9. The van der Waals surface area contributed by atoms with Crippen LogP contribution in [0.1, 0.15) is 28.1 Å². The fourth-order valence-electron chi connectivity index (χ4n) is 4.15. The number of halogens is 4. The van der Waals surface area contributed by atoms with E-state index in [0.717, 1.165) is 32.0 Å². The molecule has 0 spiro atoms. The number of benzene rings is 2. The number of aromatic nitrogens is 1. The Bertz CT molecular complexity index is 1580. The summed E-state index contributed by atoms with van der Waals surface area (Å²) in [6, 6.07) is 11.6. The molecule has 0 atom stereocenters. The monoisotopic (exact) mass is 622 g/mol. The maximum Gasteiger partial charge on any atom is 0.264 e. The average molecular weight is 624 g/mol. The number of pyridine rings is 1. The van der Waals surface area contributed by atoms with E-state index in [4.69, 9.17) is 28.6 Å². The molecule has 2 aromatic carbocycles. The molecule has 0 aliphatic carbocycles. The van der Waals surface area contributed by atoms with Crippen LogP contribution in [0.3, 0.4) is 0 Å². The van der Waals surface area contributed by atoms with Gasteiger partial charge >= 0.3 is 0 Å². The van der Waals surface area contributed by atoms with Crippen molar-refractivity contribution in [1.82, 2.24) is 15.2 Å². The normalized spacial score (nSPS) is 12.6. The number of nitrogens with zero attached hydrogens (tertiary/aromatic N) is 2. The number of thiocarbonyl (C=S) groups is 1. The molecule has 3 heterocycles. The maximum absolute atomic E-state index is 14.9. The number of carbonyl (C=O) groups excluding carboxylic acids is 2. The number of nitrogens with one attached hydrogen (secondary N) is 2. The van der Waals surface area contributed by atoms with Crippen LogP contribution in [0.4, 0.5) is 14.5 Å². The fraction of sp³-hybridized carbons (Fsp3) is 0.185. The van der Waals surface area contributed by atoms with Gasteiger partial charge in [-0.1, -0.05) is 17.7 Å². The van der Waals surface area contributed by atoms with E-state index in [2.05, 4.69) is 15.6 Å². The zero-order valence-corrected chi connectivity index (χ0v) is 23.9. The Morgan fingerprint density at radius 2 is 1.85 bits per heavy atom. The second-order valence-electron chi connectivity index (χ2n) is 8.76. The van der Waals surface area contributed by atoms with E-state index in [1.54, 1.807) is 12.1 Å². The Balaban J connectivity index is 0.00000370. The van der Waals surface area contributed by atoms with E-state index in [1.165, 1.54) is 47.9 Å². The number of likely N-dealkylation sites (tertiary alicyclic amines) is 1. The van der Waals surface area contributed by atoms with Crippen LogP contribution in [0.15, 0.2) is 54.7 Å². The van der Waals surface area contributed by atoms with Gasteiger partial charge in [-0.05, 0) is 55.4 Å². The zero-order chi connectivity index (χ0) is 27.5. The molecule has 5 rings (SSSR count). The van der Waals surface area contributed by atoms with Gasteiger partial charge in [-0.3, -0.25) is 14.6 Å². The van der Waals surface area contributed by atoms with Crippen LogP contribution in [0.5, 0.6) is 11.5 Å². The number of hydrogen-bond donors (Lipinski definition) is 2. The maximum atomic E-state index is 14.9. The highest BCUT2D eigenvalue weighted by molar-refractivity contribution is 7.80. The summed E-state index contributed by atoms with van der Waals surface area (Å²) in [7, 11) is 0. The summed E-state index contributed by atoms with van der Waals surface area (Å²) in [4.78, 5) is 31.8. The first-order valence-electron chi connectivity index (χ1n) is 12.0. The third-order valence-corrected chi connectivity index (χ3v) is 7.73. The summed E-state index contributed by atoms with van der Waals surface area (Å²) >= 11 is 12.4. The van der Waals surface area contributed by atoms with Crippen LogP contribution in [-0.2, 0) is 11.2 Å². The number of thiophene rings is 1. The van der Waals surface area contributed by atoms with Crippen molar-refractivity contribution in [3.05, 3.63) is 81.8 Å². The first kappa shape index (κ1) is 29.6. The van der Waals surface area contributed by atoms with Crippen molar-refractivity contribution in [3.63, 3.8) is 0 Å². The van der Waals surface area contributed by atoms with Gasteiger partial charge in [0.05, 0.1) is 21.5 Å². The van der Waals surface area contributed by atoms with Crippen molar-refractivity contribution in [3.8, 4) is 11.5 Å². The van der Waals surface area contributed by atoms with Gasteiger partial charge in [0.25, 0.3) is 5.91 Å². The SMILES string of the molecule is Cl.O=C(Cc1c(F)cccc1Cl)NC(=S)Nc1ccc(Oc2ccnc3cc(C(=O)N4CCCC4)sc23)c(F)c1. The summed E-state index contributed by atoms with van der Waals surface area (Å²) in [5.41, 5.74) is 0.913. The van der Waals surface area contributed by atoms with Crippen LogP contribution in [0.2, 0.25) is 5.02 Å². The summed E-state index contributed by atoms with van der Waals surface area (Å²) in [5.74, 6) is -1.57. The molecule has 1 fully saturated rings. The van der Waals surface area contributed by atoms with Crippen LogP contribution in [0.25, 0.3) is 10.2 Å². The van der Waals surface area contributed by atoms with Gasteiger partial charge in [-0.15, -0.1) is 23.7 Å². The van der Waals surface area contributed by atoms with Crippen molar-refractivity contribution in [2.24, 2.45) is 0 Å². The van der Waals surface area contributed by atoms with Crippen molar-refractivity contribution < 1.29 is 23.1 Å². The fourth-order valence-corrected chi connectivity index (χ4v) is 5.65. The molecule has 208 valence electrons. The highest BCUT2D eigenvalue weighted by Crippen LogP contribution is 2.36. The molecule has 2 N–H and O–H groups in total. The highest BCUT2D eigenvalue weighted by Gasteiger charge is 2.23. The third kappa shape index (κ3) is 6.67. The number of hydrogen-bond acceptors (Lipinski definition) is 6. The van der Waals surface area contributed by atoms with E-state index in [1.807, 2.05) is 4.90 Å². The molecular weight excluding hydrogens is 601 g/mol. The number of rotatable bonds is 6. The van der Waals surface area contributed by atoms with Gasteiger partial charge < -0.3 is 20.3 Å². The van der Waals surface area contributed by atoms with Crippen LogP contribution < -0.4 is 15.4 Å². The first-order valence-corrected chi connectivity index (χ1v) is 13.6. The molecule has 2 amide bonds. The number of fused-ring (bicyclic) bond motifs is 1. The minimum Gasteiger partial charge on any atom is -0.453 e. The Morgan fingerprint density at radius 3 is 2.58 bits per heavy atom. The second-order valence-corrected chi connectivity index (χ2v) is 10.6. The standard InChI is InChI=1S/C27H21ClF2N4O3S2.ClH/c28-17-4-3-5-18(29)16(17)13-24(35)33-27(38)32-15-6-7-21(19(30)12-15)37-22-8-9-31-20-14-23(39-25(20)22)26(36)34-10-1-2-11-34;/h3-9,12,14H,1-2,10-11,13H2,(H2,32,33,35,38);1H. The molecule has 4 aromatic rings. The van der Waals surface area contributed by atoms with Gasteiger partial charge in [0.1, 0.15) is 11.6 Å². The number of amides is 2. The third-order valence-electron chi connectivity index (χ3n) is 6.04. The average Bonchev–Trinajstić information content (AvgIpc) is 3.58. The van der Waals surface area contributed by atoms with Gasteiger partial charge in [0, 0.05) is 47.7 Å². The summed E-state index contributed by atoms with van der Waals surface area (Å²) < 4.78 is 35.4. The van der Waals surface area contributed by atoms with Crippen LogP contribution in [0, 0.1) is 11.6 Å². The Hall–Kier alpha value is -3.38. The molecule has 2 aromatic heterocycles. The molecule has 13 heteroatoms. The van der Waals surface area contributed by atoms with Gasteiger partial charge in [0.2, 0.25) is 5.91 Å². The number of anilines is 1. The van der Waals surface area contributed by atoms with Crippen LogP contribution in [-0.4, -0.2) is 39.9 Å². The largest absolute Gasteiger partial charge is 0.453 e. The lowest BCUT2D eigenvalue weighted by Gasteiger charge is -2.13. The van der Waals surface area contributed by atoms with Crippen molar-refractivity contribution >= 4 is 80.4 Å². The van der Waals surface area contributed by atoms with Gasteiger partial charge in [-0.2, -0.15) is 0 Å². The van der Waals surface area contributed by atoms with Crippen molar-refractivity contribution in [2.75, 3.05) is 18.4 Å². The molecule has 0 unspecified atom stereocenters. The first-order chi connectivity index (χ1) is 18.8. The molecule has 40 heavy (non-hydrogen) atoms. The van der Waals surface area contributed by atoms with Gasteiger partial charge in [0.15, 0.2) is 16.7 Å². The predicted octanol–water partition coefficient (Wildman–Crippen LogP) is 6.73. The van der Waals surface area contributed by atoms with E-state index in [0.29, 0.717) is 20.8 Å². The Morgan fingerprint density at radius 1 is 1.07 bits per heavy atom. The lowest BCUT2D eigenvalue weighted by molar-refractivity contribution is -0.119. The van der Waals surface area contributed by atoms with E-state index in [-0.39, 0.29) is 51.9 Å². The summed E-state index contributed by atoms with van der Waals surface area (Å²) in [6.45, 7) is 1.48. The van der Waals surface area contributed by atoms with Crippen molar-refractivity contribution in [1.29, 1.82) is 0 Å². The van der Waals surface area contributed by atoms with Crippen LogP contribution >= 0.6 is 47.6 Å². The summed E-state index contributed by atoms with van der Waals surface area (Å²) in [6.07, 6.45) is 3.21. The lowest BCUT2D eigenvalue weighted by atomic mass is 10.1. The highest BCUT2D eigenvalue weighted by atomic mass is 35.5. The molecule has 0 radical (unpaired) electrons. The summed E-state index contributed by atoms with van der Waals surface area (Å²) in [5, 5.41) is 5.18. The Labute approximate surface area is 248 Å². The number of ether oxygens (including phenoxy) is 1. The Kier molecular flexibility index (Phi) is 9.52. The minimum absolute atomic E-state index is 0. The van der Waals surface area contributed by atoms with E-state index >= 15 is 0 Å².